The van der Waals surface area contributed by atoms with Crippen molar-refractivity contribution in [1.29, 1.82) is 0 Å². The molecule has 4 heteroatoms. The third-order valence-electron chi connectivity index (χ3n) is 3.40. The van der Waals surface area contributed by atoms with E-state index in [-0.39, 0.29) is 17.3 Å². The summed E-state index contributed by atoms with van der Waals surface area (Å²) >= 11 is 0. The second-order valence-electron chi connectivity index (χ2n) is 6.38. The van der Waals surface area contributed by atoms with E-state index in [1.807, 2.05) is 0 Å². The number of nitrogens with two attached hydrogens (primary N) is 1. The molecule has 3 atom stereocenters. The maximum absolute atomic E-state index is 11.0. The van der Waals surface area contributed by atoms with E-state index < -0.39 is 14.8 Å². The highest BCUT2D eigenvalue weighted by molar-refractivity contribution is 6.48. The van der Waals surface area contributed by atoms with Crippen molar-refractivity contribution in [1.82, 2.24) is 0 Å². The highest BCUT2D eigenvalue weighted by atomic mass is 28.3. The second-order valence-corrected chi connectivity index (χ2v) is 8.71. The lowest BCUT2D eigenvalue weighted by molar-refractivity contribution is -0.111. The molecule has 1 aliphatic rings. The molecule has 3 nitrogen and oxygen atoms in total. The highest BCUT2D eigenvalue weighted by Gasteiger charge is 2.50. The van der Waals surface area contributed by atoms with Crippen molar-refractivity contribution in [3.8, 4) is 0 Å². The van der Waals surface area contributed by atoms with E-state index >= 15 is 0 Å². The lowest BCUT2D eigenvalue weighted by Crippen LogP contribution is -2.52. The Labute approximate surface area is 100 Å². The standard InChI is InChI=1S/C12H25NO2Si/c1-11(2,3)10-6-9(8-14)7-12(10,13)15-16(4)5/h8-10,16H,6-7,13H2,1-5H3/t9-,10-,12+/m0/s1. The number of rotatable bonds is 3. The first-order chi connectivity index (χ1) is 7.19. The predicted molar refractivity (Wildman–Crippen MR) is 68.6 cm³/mol. The van der Waals surface area contributed by atoms with E-state index in [4.69, 9.17) is 10.2 Å². The minimum atomic E-state index is -1.18. The average Bonchev–Trinajstić information content (AvgIpc) is 2.40. The number of carbonyl (C=O) groups is 1. The molecule has 0 spiro atoms. The van der Waals surface area contributed by atoms with Gasteiger partial charge in [-0.2, -0.15) is 0 Å². The van der Waals surface area contributed by atoms with Gasteiger partial charge in [0, 0.05) is 11.8 Å². The number of aldehydes is 1. The Hall–Kier alpha value is -0.193. The Morgan fingerprint density at radius 3 is 2.38 bits per heavy atom. The molecule has 0 bridgehead atoms. The summed E-state index contributed by atoms with van der Waals surface area (Å²) in [6, 6.07) is 0. The number of hydrogen-bond donors (Lipinski definition) is 1. The summed E-state index contributed by atoms with van der Waals surface area (Å²) in [4.78, 5) is 11.0. The van der Waals surface area contributed by atoms with Gasteiger partial charge in [-0.1, -0.05) is 20.8 Å². The normalized spacial score (nSPS) is 35.7. The Kier molecular flexibility index (Phi) is 3.98. The second kappa shape index (κ2) is 4.59. The van der Waals surface area contributed by atoms with Crippen molar-refractivity contribution in [2.75, 3.05) is 0 Å². The van der Waals surface area contributed by atoms with Gasteiger partial charge in [-0.05, 0) is 31.4 Å². The highest BCUT2D eigenvalue weighted by Crippen LogP contribution is 2.47. The van der Waals surface area contributed by atoms with Crippen LogP contribution in [0.3, 0.4) is 0 Å². The van der Waals surface area contributed by atoms with Crippen molar-refractivity contribution in [3.63, 3.8) is 0 Å². The minimum absolute atomic E-state index is 0.0713. The smallest absolute Gasteiger partial charge is 0.173 e. The molecule has 0 radical (unpaired) electrons. The fraction of sp³-hybridized carbons (Fsp3) is 0.917. The van der Waals surface area contributed by atoms with Gasteiger partial charge >= 0.3 is 0 Å². The van der Waals surface area contributed by atoms with Crippen molar-refractivity contribution in [3.05, 3.63) is 0 Å². The molecule has 0 aromatic rings. The number of hydrogen-bond acceptors (Lipinski definition) is 3. The molecule has 0 saturated heterocycles. The molecular formula is C12H25NO2Si. The molecule has 94 valence electrons. The van der Waals surface area contributed by atoms with Crippen LogP contribution < -0.4 is 5.73 Å². The zero-order chi connectivity index (χ0) is 12.6. The van der Waals surface area contributed by atoms with Crippen LogP contribution in [-0.2, 0) is 9.22 Å². The fourth-order valence-corrected chi connectivity index (χ4v) is 4.04. The zero-order valence-electron chi connectivity index (χ0n) is 11.1. The topological polar surface area (TPSA) is 52.3 Å². The Bertz CT molecular complexity index is 262. The first kappa shape index (κ1) is 13.9. The van der Waals surface area contributed by atoms with Crippen LogP contribution in [0.2, 0.25) is 13.1 Å². The van der Waals surface area contributed by atoms with Gasteiger partial charge in [0.25, 0.3) is 0 Å². The largest absolute Gasteiger partial charge is 0.403 e. The summed E-state index contributed by atoms with van der Waals surface area (Å²) < 4.78 is 6.03. The van der Waals surface area contributed by atoms with Crippen LogP contribution in [0.5, 0.6) is 0 Å². The minimum Gasteiger partial charge on any atom is -0.403 e. The van der Waals surface area contributed by atoms with Gasteiger partial charge < -0.3 is 15.0 Å². The molecule has 0 unspecified atom stereocenters. The van der Waals surface area contributed by atoms with Crippen LogP contribution in [0, 0.1) is 17.3 Å². The summed E-state index contributed by atoms with van der Waals surface area (Å²) in [7, 11) is -1.18. The van der Waals surface area contributed by atoms with E-state index in [1.54, 1.807) is 0 Å². The summed E-state index contributed by atoms with van der Waals surface area (Å²) in [5.74, 6) is 0.340. The quantitative estimate of drug-likeness (QED) is 0.468. The summed E-state index contributed by atoms with van der Waals surface area (Å²) in [6.07, 6.45) is 2.59. The van der Waals surface area contributed by atoms with Crippen LogP contribution in [0.15, 0.2) is 0 Å². The Balaban J connectivity index is 2.90. The van der Waals surface area contributed by atoms with Crippen LogP contribution in [0.25, 0.3) is 0 Å². The molecule has 1 saturated carbocycles. The first-order valence-electron chi connectivity index (χ1n) is 6.11. The van der Waals surface area contributed by atoms with Crippen LogP contribution in [0.1, 0.15) is 33.6 Å². The molecule has 0 aromatic heterocycles. The van der Waals surface area contributed by atoms with Crippen molar-refractivity contribution < 1.29 is 9.22 Å². The van der Waals surface area contributed by atoms with Gasteiger partial charge in [0.2, 0.25) is 0 Å². The van der Waals surface area contributed by atoms with Gasteiger partial charge in [0.05, 0.1) is 0 Å². The van der Waals surface area contributed by atoms with Crippen molar-refractivity contribution in [2.24, 2.45) is 23.0 Å². The van der Waals surface area contributed by atoms with Gasteiger partial charge in [0.1, 0.15) is 12.0 Å². The van der Waals surface area contributed by atoms with Gasteiger partial charge in [-0.25, -0.2) is 0 Å². The summed E-state index contributed by atoms with van der Waals surface area (Å²) in [5, 5.41) is 0. The molecule has 0 amide bonds. The molecule has 1 fully saturated rings. The predicted octanol–water partition coefficient (Wildman–Crippen LogP) is 1.91. The van der Waals surface area contributed by atoms with E-state index in [0.717, 1.165) is 12.7 Å². The molecule has 16 heavy (non-hydrogen) atoms. The Morgan fingerprint density at radius 1 is 1.44 bits per heavy atom. The molecule has 0 heterocycles. The lowest BCUT2D eigenvalue weighted by atomic mass is 9.76. The van der Waals surface area contributed by atoms with E-state index in [0.29, 0.717) is 6.42 Å². The van der Waals surface area contributed by atoms with Crippen molar-refractivity contribution >= 4 is 15.3 Å². The maximum Gasteiger partial charge on any atom is 0.173 e. The number of carbonyl (C=O) groups excluding carboxylic acids is 1. The van der Waals surface area contributed by atoms with E-state index in [1.165, 1.54) is 0 Å². The van der Waals surface area contributed by atoms with Crippen molar-refractivity contribution in [2.45, 2.75) is 52.4 Å². The lowest BCUT2D eigenvalue weighted by Gasteiger charge is -2.41. The average molecular weight is 243 g/mol. The molecule has 1 aliphatic carbocycles. The van der Waals surface area contributed by atoms with Gasteiger partial charge in [-0.15, -0.1) is 0 Å². The third-order valence-corrected chi connectivity index (χ3v) is 4.31. The summed E-state index contributed by atoms with van der Waals surface area (Å²) in [6.45, 7) is 10.8. The molecule has 0 aromatic carbocycles. The monoisotopic (exact) mass is 243 g/mol. The van der Waals surface area contributed by atoms with E-state index in [9.17, 15) is 4.79 Å². The maximum atomic E-state index is 11.0. The van der Waals surface area contributed by atoms with Crippen LogP contribution in [0.4, 0.5) is 0 Å². The molecule has 1 rings (SSSR count). The third kappa shape index (κ3) is 2.93. The zero-order valence-corrected chi connectivity index (χ0v) is 12.3. The molecular weight excluding hydrogens is 218 g/mol. The first-order valence-corrected chi connectivity index (χ1v) is 8.89. The van der Waals surface area contributed by atoms with E-state index in [2.05, 4.69) is 33.9 Å². The molecule has 0 aliphatic heterocycles. The summed E-state index contributed by atoms with van der Waals surface area (Å²) in [5.41, 5.74) is 5.92. The fourth-order valence-electron chi connectivity index (χ4n) is 2.90. The Morgan fingerprint density at radius 2 is 2.00 bits per heavy atom. The van der Waals surface area contributed by atoms with Gasteiger partial charge in [-0.3, -0.25) is 0 Å². The SMILES string of the molecule is C[SiH](C)O[C@]1(N)C[C@@H](C=O)C[C@H]1C(C)(C)C. The molecule has 2 N–H and O–H groups in total. The van der Waals surface area contributed by atoms with Crippen LogP contribution >= 0.6 is 0 Å². The van der Waals surface area contributed by atoms with Crippen LogP contribution in [-0.4, -0.2) is 21.1 Å². The van der Waals surface area contributed by atoms with Gasteiger partial charge in [0.15, 0.2) is 9.04 Å².